The number of carbonyl (C=O) groups excluding carboxylic acids is 3. The zero-order chi connectivity index (χ0) is 20.4. The number of fused-ring (bicyclic) bond motifs is 1. The minimum Gasteiger partial charge on any atom is -0.465 e. The van der Waals surface area contributed by atoms with Gasteiger partial charge >= 0.3 is 5.97 Å². The van der Waals surface area contributed by atoms with Crippen molar-refractivity contribution in [2.75, 3.05) is 17.7 Å². The molecule has 0 saturated heterocycles. The summed E-state index contributed by atoms with van der Waals surface area (Å²) in [6, 6.07) is 12.0. The van der Waals surface area contributed by atoms with Crippen LogP contribution in [0.3, 0.4) is 0 Å². The van der Waals surface area contributed by atoms with Crippen molar-refractivity contribution in [3.8, 4) is 11.3 Å². The zero-order valence-electron chi connectivity index (χ0n) is 15.5. The van der Waals surface area contributed by atoms with Crippen LogP contribution in [0.2, 0.25) is 0 Å². The van der Waals surface area contributed by atoms with Crippen LogP contribution in [0.4, 0.5) is 10.8 Å². The Bertz CT molecular complexity index is 1110. The minimum atomic E-state index is -0.453. The maximum Gasteiger partial charge on any atom is 0.337 e. The van der Waals surface area contributed by atoms with Crippen LogP contribution >= 0.6 is 11.3 Å². The van der Waals surface area contributed by atoms with Gasteiger partial charge in [-0.05, 0) is 48.4 Å². The first kappa shape index (κ1) is 18.8. The number of thiazole rings is 1. The number of amides is 2. The Labute approximate surface area is 170 Å². The van der Waals surface area contributed by atoms with E-state index in [4.69, 9.17) is 0 Å². The van der Waals surface area contributed by atoms with E-state index in [1.54, 1.807) is 24.3 Å². The highest BCUT2D eigenvalue weighted by Crippen LogP contribution is 2.30. The molecule has 0 radical (unpaired) electrons. The molecule has 2 N–H and O–H groups in total. The first-order valence-electron chi connectivity index (χ1n) is 8.92. The zero-order valence-corrected chi connectivity index (χ0v) is 16.3. The molecule has 1 aliphatic heterocycles. The number of hydrogen-bond donors (Lipinski definition) is 2. The molecule has 0 fully saturated rings. The lowest BCUT2D eigenvalue weighted by Crippen LogP contribution is -2.18. The van der Waals surface area contributed by atoms with Gasteiger partial charge in [0.1, 0.15) is 0 Å². The van der Waals surface area contributed by atoms with Crippen LogP contribution in [0.1, 0.15) is 32.7 Å². The number of esters is 1. The van der Waals surface area contributed by atoms with Crippen molar-refractivity contribution in [1.82, 2.24) is 4.98 Å². The van der Waals surface area contributed by atoms with Crippen LogP contribution in [0.15, 0.2) is 47.8 Å². The van der Waals surface area contributed by atoms with E-state index < -0.39 is 5.97 Å². The Morgan fingerprint density at radius 1 is 1.10 bits per heavy atom. The number of aromatic nitrogens is 1. The molecule has 146 valence electrons. The molecule has 0 atom stereocenters. The summed E-state index contributed by atoms with van der Waals surface area (Å²) < 4.78 is 4.65. The van der Waals surface area contributed by atoms with E-state index in [2.05, 4.69) is 20.4 Å². The number of nitrogens with one attached hydrogen (secondary N) is 2. The first-order chi connectivity index (χ1) is 14.0. The maximum absolute atomic E-state index is 12.4. The molecule has 29 heavy (non-hydrogen) atoms. The van der Waals surface area contributed by atoms with Gasteiger partial charge in [-0.1, -0.05) is 6.07 Å². The summed E-state index contributed by atoms with van der Waals surface area (Å²) in [5.74, 6) is -0.731. The Hall–Kier alpha value is -3.52. The number of rotatable bonds is 4. The average Bonchev–Trinajstić information content (AvgIpc) is 3.21. The molecule has 0 spiro atoms. The largest absolute Gasteiger partial charge is 0.465 e. The molecule has 3 aromatic rings. The van der Waals surface area contributed by atoms with Gasteiger partial charge in [0, 0.05) is 28.6 Å². The van der Waals surface area contributed by atoms with Crippen LogP contribution in [-0.2, 0) is 16.0 Å². The predicted octanol–water partition coefficient (Wildman–Crippen LogP) is 3.73. The van der Waals surface area contributed by atoms with Crippen molar-refractivity contribution in [1.29, 1.82) is 0 Å². The standard InChI is InChI=1S/C21H17N3O4S/c1-28-20(27)13-4-2-12(3-5-13)19(26)24-21-23-17(11-29-21)15-6-8-16-14(10-15)7-9-18(25)22-16/h2-6,8,10-11H,7,9H2,1H3,(H,22,25)(H,23,24,26). The molecule has 7 nitrogen and oxygen atoms in total. The van der Waals surface area contributed by atoms with Gasteiger partial charge in [-0.25, -0.2) is 9.78 Å². The normalized spacial score (nSPS) is 12.7. The van der Waals surface area contributed by atoms with Gasteiger partial charge in [0.15, 0.2) is 5.13 Å². The summed E-state index contributed by atoms with van der Waals surface area (Å²) in [5, 5.41) is 7.99. The van der Waals surface area contributed by atoms with Gasteiger partial charge in [-0.2, -0.15) is 0 Å². The average molecular weight is 407 g/mol. The lowest BCUT2D eigenvalue weighted by Gasteiger charge is -2.17. The second-order valence-corrected chi connectivity index (χ2v) is 7.34. The van der Waals surface area contributed by atoms with Crippen LogP contribution in [0.25, 0.3) is 11.3 Å². The van der Waals surface area contributed by atoms with Gasteiger partial charge in [-0.3, -0.25) is 14.9 Å². The third-order valence-electron chi connectivity index (χ3n) is 4.59. The molecule has 1 aromatic heterocycles. The fourth-order valence-electron chi connectivity index (χ4n) is 3.05. The summed E-state index contributed by atoms with van der Waals surface area (Å²) in [6.45, 7) is 0. The third kappa shape index (κ3) is 4.02. The van der Waals surface area contributed by atoms with Crippen molar-refractivity contribution >= 4 is 39.9 Å². The molecule has 1 aliphatic rings. The highest BCUT2D eigenvalue weighted by Gasteiger charge is 2.16. The Balaban J connectivity index is 1.47. The fraction of sp³-hybridized carbons (Fsp3) is 0.143. The number of methoxy groups -OCH3 is 1. The number of ether oxygens (including phenoxy) is 1. The topological polar surface area (TPSA) is 97.4 Å². The van der Waals surface area contributed by atoms with Gasteiger partial charge in [-0.15, -0.1) is 11.3 Å². The second-order valence-electron chi connectivity index (χ2n) is 6.48. The summed E-state index contributed by atoms with van der Waals surface area (Å²) in [4.78, 5) is 39.9. The van der Waals surface area contributed by atoms with Crippen molar-refractivity contribution in [3.63, 3.8) is 0 Å². The Morgan fingerprint density at radius 2 is 1.86 bits per heavy atom. The smallest absolute Gasteiger partial charge is 0.337 e. The lowest BCUT2D eigenvalue weighted by molar-refractivity contribution is -0.116. The second kappa shape index (κ2) is 7.84. The van der Waals surface area contributed by atoms with Gasteiger partial charge in [0.2, 0.25) is 5.91 Å². The van der Waals surface area contributed by atoms with E-state index in [-0.39, 0.29) is 11.8 Å². The molecule has 2 amide bonds. The number of nitrogens with zero attached hydrogens (tertiary/aromatic N) is 1. The molecule has 0 aliphatic carbocycles. The highest BCUT2D eigenvalue weighted by atomic mass is 32.1. The van der Waals surface area contributed by atoms with Crippen LogP contribution in [0.5, 0.6) is 0 Å². The Morgan fingerprint density at radius 3 is 2.62 bits per heavy atom. The summed E-state index contributed by atoms with van der Waals surface area (Å²) >= 11 is 1.33. The number of carbonyl (C=O) groups is 3. The fourth-order valence-corrected chi connectivity index (χ4v) is 3.77. The summed E-state index contributed by atoms with van der Waals surface area (Å²) in [5.41, 5.74) is 4.39. The predicted molar refractivity (Wildman–Crippen MR) is 110 cm³/mol. The number of benzene rings is 2. The summed E-state index contributed by atoms with van der Waals surface area (Å²) in [6.07, 6.45) is 1.17. The highest BCUT2D eigenvalue weighted by molar-refractivity contribution is 7.14. The molecule has 2 heterocycles. The third-order valence-corrected chi connectivity index (χ3v) is 5.35. The molecule has 0 bridgehead atoms. The number of aryl methyl sites for hydroxylation is 1. The quantitative estimate of drug-likeness (QED) is 0.642. The molecule has 0 unspecified atom stereocenters. The van der Waals surface area contributed by atoms with Crippen LogP contribution < -0.4 is 10.6 Å². The minimum absolute atomic E-state index is 0.0310. The van der Waals surface area contributed by atoms with E-state index >= 15 is 0 Å². The van der Waals surface area contributed by atoms with Crippen molar-refractivity contribution < 1.29 is 19.1 Å². The van der Waals surface area contributed by atoms with E-state index in [1.807, 2.05) is 23.6 Å². The Kier molecular flexibility index (Phi) is 5.09. The molecular weight excluding hydrogens is 390 g/mol. The maximum atomic E-state index is 12.4. The molecule has 4 rings (SSSR count). The molecular formula is C21H17N3O4S. The van der Waals surface area contributed by atoms with E-state index in [1.165, 1.54) is 18.4 Å². The monoisotopic (exact) mass is 407 g/mol. The van der Waals surface area contributed by atoms with Gasteiger partial charge in [0.25, 0.3) is 5.91 Å². The van der Waals surface area contributed by atoms with Gasteiger partial charge < -0.3 is 10.1 Å². The van der Waals surface area contributed by atoms with Crippen molar-refractivity contribution in [2.45, 2.75) is 12.8 Å². The van der Waals surface area contributed by atoms with Crippen LogP contribution in [0, 0.1) is 0 Å². The number of anilines is 2. The van der Waals surface area contributed by atoms with Crippen molar-refractivity contribution in [2.24, 2.45) is 0 Å². The van der Waals surface area contributed by atoms with Crippen molar-refractivity contribution in [3.05, 3.63) is 64.5 Å². The van der Waals surface area contributed by atoms with Crippen LogP contribution in [-0.4, -0.2) is 29.9 Å². The SMILES string of the molecule is COC(=O)c1ccc(C(=O)Nc2nc(-c3ccc4c(c3)CCC(=O)N4)cs2)cc1. The van der Waals surface area contributed by atoms with E-state index in [0.29, 0.717) is 29.1 Å². The van der Waals surface area contributed by atoms with E-state index in [9.17, 15) is 14.4 Å². The molecule has 0 saturated carbocycles. The molecule has 2 aromatic carbocycles. The lowest BCUT2D eigenvalue weighted by atomic mass is 9.99. The molecule has 8 heteroatoms. The summed E-state index contributed by atoms with van der Waals surface area (Å²) in [7, 11) is 1.31. The first-order valence-corrected chi connectivity index (χ1v) is 9.80. The van der Waals surface area contributed by atoms with E-state index in [0.717, 1.165) is 22.5 Å². The number of hydrogen-bond acceptors (Lipinski definition) is 6. The van der Waals surface area contributed by atoms with Gasteiger partial charge in [0.05, 0.1) is 18.4 Å².